The number of benzene rings is 1. The molecule has 3 aliphatic heterocycles. The highest BCUT2D eigenvalue weighted by Gasteiger charge is 2.46. The maximum atomic E-state index is 12.0. The molecule has 5 atom stereocenters. The van der Waals surface area contributed by atoms with E-state index in [0.29, 0.717) is 12.5 Å². The maximum absolute atomic E-state index is 12.0. The second kappa shape index (κ2) is 6.15. The van der Waals surface area contributed by atoms with Crippen molar-refractivity contribution in [2.75, 3.05) is 20.2 Å². The number of rotatable bonds is 3. The molecule has 5 heteroatoms. The van der Waals surface area contributed by atoms with Gasteiger partial charge in [-0.15, -0.1) is 0 Å². The number of esters is 1. The molecular weight excluding hydrogens is 304 g/mol. The lowest BCUT2D eigenvalue weighted by molar-refractivity contribution is -0.156. The number of para-hydroxylation sites is 1. The van der Waals surface area contributed by atoms with Crippen molar-refractivity contribution in [2.24, 2.45) is 11.8 Å². The van der Waals surface area contributed by atoms with Crippen LogP contribution in [0.1, 0.15) is 24.5 Å². The Morgan fingerprint density at radius 3 is 2.96 bits per heavy atom. The van der Waals surface area contributed by atoms with E-state index >= 15 is 0 Å². The van der Waals surface area contributed by atoms with Gasteiger partial charge in [-0.3, -0.25) is 14.7 Å². The Kier molecular flexibility index (Phi) is 3.98. The molecular formula is C19H22N2O3. The zero-order valence-corrected chi connectivity index (χ0v) is 13.8. The first-order chi connectivity index (χ1) is 11.7. The van der Waals surface area contributed by atoms with Crippen LogP contribution >= 0.6 is 0 Å². The minimum absolute atomic E-state index is 0.0514. The lowest BCUT2D eigenvalue weighted by Crippen LogP contribution is -2.57. The molecule has 24 heavy (non-hydrogen) atoms. The van der Waals surface area contributed by atoms with Gasteiger partial charge in [-0.2, -0.15) is 0 Å². The summed E-state index contributed by atoms with van der Waals surface area (Å²) < 4.78 is 4.94. The van der Waals surface area contributed by atoms with Crippen LogP contribution in [0.4, 0.5) is 0 Å². The number of aromatic nitrogens is 1. The molecule has 0 radical (unpaired) electrons. The third-order valence-electron chi connectivity index (χ3n) is 5.67. The number of aliphatic hydroxyl groups excluding tert-OH is 1. The van der Waals surface area contributed by atoms with Crippen molar-refractivity contribution in [3.8, 4) is 0 Å². The lowest BCUT2D eigenvalue weighted by Gasteiger charge is -2.50. The number of pyridine rings is 1. The van der Waals surface area contributed by atoms with Crippen LogP contribution < -0.4 is 0 Å². The number of hydrogen-bond acceptors (Lipinski definition) is 5. The monoisotopic (exact) mass is 326 g/mol. The third-order valence-corrected chi connectivity index (χ3v) is 5.67. The predicted octanol–water partition coefficient (Wildman–Crippen LogP) is 2.15. The minimum Gasteiger partial charge on any atom is -0.469 e. The summed E-state index contributed by atoms with van der Waals surface area (Å²) in [5.74, 6) is 0.128. The Bertz CT molecular complexity index is 758. The lowest BCUT2D eigenvalue weighted by atomic mass is 9.73. The van der Waals surface area contributed by atoms with Crippen molar-refractivity contribution < 1.29 is 14.6 Å². The Hall–Kier alpha value is -1.98. The molecule has 5 nitrogen and oxygen atoms in total. The van der Waals surface area contributed by atoms with Gasteiger partial charge in [-0.25, -0.2) is 0 Å². The fourth-order valence-corrected chi connectivity index (χ4v) is 4.40. The average molecular weight is 326 g/mol. The van der Waals surface area contributed by atoms with Gasteiger partial charge in [0.05, 0.1) is 24.6 Å². The van der Waals surface area contributed by atoms with E-state index < -0.39 is 6.10 Å². The molecule has 0 aliphatic carbocycles. The number of piperidine rings is 3. The van der Waals surface area contributed by atoms with E-state index in [1.54, 1.807) is 6.20 Å². The van der Waals surface area contributed by atoms with E-state index in [9.17, 15) is 9.90 Å². The van der Waals surface area contributed by atoms with E-state index in [-0.39, 0.29) is 17.9 Å². The van der Waals surface area contributed by atoms with Crippen molar-refractivity contribution in [1.82, 2.24) is 9.88 Å². The molecule has 126 valence electrons. The van der Waals surface area contributed by atoms with Gasteiger partial charge < -0.3 is 9.84 Å². The summed E-state index contributed by atoms with van der Waals surface area (Å²) in [5, 5.41) is 12.1. The summed E-state index contributed by atoms with van der Waals surface area (Å²) in [6.07, 6.45) is 3.02. The normalized spacial score (nSPS) is 30.2. The molecule has 3 saturated heterocycles. The molecule has 1 N–H and O–H groups in total. The van der Waals surface area contributed by atoms with Crippen molar-refractivity contribution in [3.63, 3.8) is 0 Å². The van der Waals surface area contributed by atoms with Crippen LogP contribution in [0.5, 0.6) is 0 Å². The fraction of sp³-hybridized carbons (Fsp3) is 0.474. The molecule has 0 saturated carbocycles. The third kappa shape index (κ3) is 2.48. The highest BCUT2D eigenvalue weighted by molar-refractivity contribution is 5.82. The first-order valence-corrected chi connectivity index (χ1v) is 8.52. The number of ether oxygens (including phenoxy) is 1. The quantitative estimate of drug-likeness (QED) is 0.876. The van der Waals surface area contributed by atoms with Crippen LogP contribution in [0.25, 0.3) is 10.9 Å². The number of methoxy groups -OCH3 is 1. The minimum atomic E-state index is -0.570. The molecule has 0 spiro atoms. The Labute approximate surface area is 141 Å². The van der Waals surface area contributed by atoms with Crippen molar-refractivity contribution in [3.05, 3.63) is 42.1 Å². The summed E-state index contributed by atoms with van der Waals surface area (Å²) in [7, 11) is 1.45. The molecule has 2 bridgehead atoms. The van der Waals surface area contributed by atoms with Crippen molar-refractivity contribution in [1.29, 1.82) is 0 Å². The molecule has 1 aromatic carbocycles. The topological polar surface area (TPSA) is 62.7 Å². The van der Waals surface area contributed by atoms with Gasteiger partial charge in [-0.05, 0) is 43.0 Å². The zero-order chi connectivity index (χ0) is 16.7. The Morgan fingerprint density at radius 1 is 1.38 bits per heavy atom. The summed E-state index contributed by atoms with van der Waals surface area (Å²) in [6, 6.07) is 9.87. The number of carbonyl (C=O) groups excluding carboxylic acids is 1. The second-order valence-corrected chi connectivity index (χ2v) is 6.84. The SMILES string of the molecule is COC(=O)[C@H]1CN2CC[C@H]1C[C@H]2[C@H](O)c1ccnc2ccccc12. The largest absolute Gasteiger partial charge is 0.469 e. The van der Waals surface area contributed by atoms with E-state index in [2.05, 4.69) is 9.88 Å². The van der Waals surface area contributed by atoms with E-state index in [4.69, 9.17) is 4.74 Å². The molecule has 1 aromatic heterocycles. The van der Waals surface area contributed by atoms with Crippen LogP contribution in [0.3, 0.4) is 0 Å². The Morgan fingerprint density at radius 2 is 2.21 bits per heavy atom. The number of carbonyl (C=O) groups is 1. The van der Waals surface area contributed by atoms with E-state index in [0.717, 1.165) is 35.9 Å². The number of hydrogen-bond donors (Lipinski definition) is 1. The first kappa shape index (κ1) is 15.5. The first-order valence-electron chi connectivity index (χ1n) is 8.52. The molecule has 2 aromatic rings. The number of fused-ring (bicyclic) bond motifs is 4. The van der Waals surface area contributed by atoms with Crippen LogP contribution in [-0.4, -0.2) is 47.2 Å². The molecule has 3 aliphatic rings. The van der Waals surface area contributed by atoms with Gasteiger partial charge in [-0.1, -0.05) is 18.2 Å². The summed E-state index contributed by atoms with van der Waals surface area (Å²) in [6.45, 7) is 1.62. The van der Waals surface area contributed by atoms with Gasteiger partial charge in [0.15, 0.2) is 0 Å². The number of aliphatic hydroxyl groups is 1. The van der Waals surface area contributed by atoms with E-state index in [1.165, 1.54) is 7.11 Å². The van der Waals surface area contributed by atoms with Crippen LogP contribution in [0.15, 0.2) is 36.5 Å². The van der Waals surface area contributed by atoms with Crippen LogP contribution in [0, 0.1) is 11.8 Å². The highest BCUT2D eigenvalue weighted by Crippen LogP contribution is 2.41. The van der Waals surface area contributed by atoms with Crippen molar-refractivity contribution in [2.45, 2.75) is 25.0 Å². The highest BCUT2D eigenvalue weighted by atomic mass is 16.5. The zero-order valence-electron chi connectivity index (χ0n) is 13.8. The van der Waals surface area contributed by atoms with Crippen molar-refractivity contribution >= 4 is 16.9 Å². The fourth-order valence-electron chi connectivity index (χ4n) is 4.40. The summed E-state index contributed by atoms with van der Waals surface area (Å²) >= 11 is 0. The number of nitrogens with zero attached hydrogens (tertiary/aromatic N) is 2. The second-order valence-electron chi connectivity index (χ2n) is 6.84. The standard InChI is InChI=1S/C19H22N2O3/c1-24-19(23)15-11-21-9-7-12(15)10-17(21)18(22)14-6-8-20-16-5-3-2-4-13(14)16/h2-6,8,12,15,17-18,22H,7,9-11H2,1H3/t12-,15-,17-,18+/m0/s1. The van der Waals surface area contributed by atoms with E-state index in [1.807, 2.05) is 30.3 Å². The molecule has 4 heterocycles. The molecule has 0 amide bonds. The van der Waals surface area contributed by atoms with Crippen LogP contribution in [0.2, 0.25) is 0 Å². The van der Waals surface area contributed by atoms with Gasteiger partial charge in [0.2, 0.25) is 0 Å². The predicted molar refractivity (Wildman–Crippen MR) is 90.3 cm³/mol. The molecule has 3 fully saturated rings. The van der Waals surface area contributed by atoms with Gasteiger partial charge in [0.25, 0.3) is 0 Å². The van der Waals surface area contributed by atoms with Crippen LogP contribution in [-0.2, 0) is 9.53 Å². The smallest absolute Gasteiger partial charge is 0.310 e. The summed E-state index contributed by atoms with van der Waals surface area (Å²) in [5.41, 5.74) is 1.82. The van der Waals surface area contributed by atoms with Gasteiger partial charge >= 0.3 is 5.97 Å². The molecule has 5 rings (SSSR count). The summed E-state index contributed by atoms with van der Waals surface area (Å²) in [4.78, 5) is 18.6. The van der Waals surface area contributed by atoms with Gasteiger partial charge in [0, 0.05) is 24.2 Å². The maximum Gasteiger partial charge on any atom is 0.310 e. The average Bonchev–Trinajstić information content (AvgIpc) is 2.66. The Balaban J connectivity index is 1.62. The molecule has 1 unspecified atom stereocenters. The van der Waals surface area contributed by atoms with Gasteiger partial charge in [0.1, 0.15) is 0 Å².